The topological polar surface area (TPSA) is 197 Å². The first-order valence-electron chi connectivity index (χ1n) is 21.6. The minimum Gasteiger partial charge on any atom is -0.466 e. The lowest BCUT2D eigenvalue weighted by Gasteiger charge is -2.33. The van der Waals surface area contributed by atoms with Gasteiger partial charge in [-0.1, -0.05) is 49.3 Å². The molecule has 1 aliphatic heterocycles. The van der Waals surface area contributed by atoms with E-state index in [9.17, 15) is 13.9 Å². The van der Waals surface area contributed by atoms with Gasteiger partial charge in [0.2, 0.25) is 32.2 Å². The second-order valence-electron chi connectivity index (χ2n) is 16.9. The number of aliphatic hydroxyl groups excluding tert-OH is 1. The highest BCUT2D eigenvalue weighted by Crippen LogP contribution is 2.37. The maximum absolute atomic E-state index is 13.4. The van der Waals surface area contributed by atoms with Crippen molar-refractivity contribution in [2.75, 3.05) is 18.0 Å². The van der Waals surface area contributed by atoms with E-state index >= 15 is 0 Å². The molecule has 8 aromatic heterocycles. The smallest absolute Gasteiger partial charge is 0.324 e. The van der Waals surface area contributed by atoms with Gasteiger partial charge >= 0.3 is 6.01 Å². The van der Waals surface area contributed by atoms with E-state index in [4.69, 9.17) is 25.4 Å². The van der Waals surface area contributed by atoms with Crippen LogP contribution in [0.3, 0.4) is 0 Å². The zero-order chi connectivity index (χ0) is 45.8. The van der Waals surface area contributed by atoms with Crippen LogP contribution in [0.25, 0.3) is 32.4 Å². The van der Waals surface area contributed by atoms with Crippen molar-refractivity contribution in [1.29, 1.82) is 0 Å². The largest absolute Gasteiger partial charge is 0.466 e. The molecule has 2 atom stereocenters. The zero-order valence-corrected chi connectivity index (χ0v) is 39.1. The monoisotopic (exact) mass is 949 g/mol. The molecule has 2 fully saturated rings. The fourth-order valence-electron chi connectivity index (χ4n) is 7.71. The molecule has 1 aliphatic carbocycles. The zero-order valence-electron chi connectivity index (χ0n) is 36.8. The van der Waals surface area contributed by atoms with Crippen molar-refractivity contribution in [3.8, 4) is 27.7 Å². The Balaban J connectivity index is 0.000000147. The molecule has 0 aromatic carbocycles. The summed E-state index contributed by atoms with van der Waals surface area (Å²) in [6.07, 6.45) is 12.3. The Bertz CT molecular complexity index is 2720. The van der Waals surface area contributed by atoms with Crippen molar-refractivity contribution in [1.82, 2.24) is 59.4 Å². The molecule has 2 aliphatic rings. The van der Waals surface area contributed by atoms with Gasteiger partial charge < -0.3 is 23.8 Å². The normalized spacial score (nSPS) is 17.9. The van der Waals surface area contributed by atoms with Gasteiger partial charge in [-0.2, -0.15) is 18.7 Å². The molecule has 0 spiro atoms. The van der Waals surface area contributed by atoms with Gasteiger partial charge in [0.05, 0.1) is 29.9 Å². The van der Waals surface area contributed by atoms with E-state index < -0.39 is 11.9 Å². The second-order valence-corrected chi connectivity index (χ2v) is 19.4. The average Bonchev–Trinajstić information content (AvgIpc) is 4.15. The number of hydrogen-bond donors (Lipinski definition) is 1. The fourth-order valence-corrected chi connectivity index (χ4v) is 9.42. The van der Waals surface area contributed by atoms with Crippen LogP contribution in [0.4, 0.5) is 14.8 Å². The highest BCUT2D eigenvalue weighted by atomic mass is 35.5. The predicted octanol–water partition coefficient (Wildman–Crippen LogP) is 9.68. The summed E-state index contributed by atoms with van der Waals surface area (Å²) < 4.78 is 46.9. The number of hydrogen-bond acceptors (Lipinski definition) is 17. The average molecular weight is 951 g/mol. The molecule has 344 valence electrons. The third-order valence-corrected chi connectivity index (χ3v) is 13.4. The van der Waals surface area contributed by atoms with E-state index in [2.05, 4.69) is 89.9 Å². The lowest BCUT2D eigenvalue weighted by atomic mass is 9.80. The van der Waals surface area contributed by atoms with Crippen LogP contribution < -0.4 is 9.64 Å². The molecule has 9 heterocycles. The Kier molecular flexibility index (Phi) is 14.4. The van der Waals surface area contributed by atoms with E-state index in [0.29, 0.717) is 71.8 Å². The van der Waals surface area contributed by atoms with Gasteiger partial charge in [-0.3, -0.25) is 0 Å². The van der Waals surface area contributed by atoms with Gasteiger partial charge in [-0.25, -0.2) is 29.0 Å². The van der Waals surface area contributed by atoms with Crippen LogP contribution in [-0.4, -0.2) is 89.8 Å². The number of anilines is 1. The molecule has 22 heteroatoms. The molecule has 0 bridgehead atoms. The molecule has 0 radical (unpaired) electrons. The molecule has 65 heavy (non-hydrogen) atoms. The lowest BCUT2D eigenvalue weighted by Crippen LogP contribution is -2.38. The summed E-state index contributed by atoms with van der Waals surface area (Å²) in [5, 5.41) is 26.7. The molecular formula is C43H50ClF2N13O4S2. The Hall–Kier alpha value is -5.51. The summed E-state index contributed by atoms with van der Waals surface area (Å²) in [6, 6.07) is 6.70. The van der Waals surface area contributed by atoms with Gasteiger partial charge in [-0.05, 0) is 99.3 Å². The third-order valence-electron chi connectivity index (χ3n) is 11.6. The Morgan fingerprint density at radius 1 is 0.723 bits per heavy atom. The van der Waals surface area contributed by atoms with Crippen LogP contribution in [-0.2, 0) is 0 Å². The number of fused-ring (bicyclic) bond motifs is 2. The van der Waals surface area contributed by atoms with Crippen molar-refractivity contribution in [2.45, 2.75) is 110 Å². The number of aromatic nitrogens is 12. The Labute approximate surface area is 386 Å². The quantitative estimate of drug-likeness (QED) is 0.127. The van der Waals surface area contributed by atoms with Crippen molar-refractivity contribution in [3.63, 3.8) is 0 Å². The van der Waals surface area contributed by atoms with Crippen LogP contribution in [0.15, 0.2) is 58.1 Å². The Morgan fingerprint density at radius 3 is 1.82 bits per heavy atom. The number of pyridine rings is 2. The summed E-state index contributed by atoms with van der Waals surface area (Å²) in [4.78, 5) is 28.4. The molecule has 8 aromatic rings. The van der Waals surface area contributed by atoms with Crippen LogP contribution in [0.5, 0.6) is 5.19 Å². The molecule has 10 rings (SSSR count). The summed E-state index contributed by atoms with van der Waals surface area (Å²) in [5.74, 6) is 3.09. The molecule has 1 saturated carbocycles. The van der Waals surface area contributed by atoms with Crippen LogP contribution in [0, 0.1) is 23.7 Å². The molecule has 17 nitrogen and oxygen atoms in total. The molecule has 0 amide bonds. The van der Waals surface area contributed by atoms with E-state index in [-0.39, 0.29) is 18.1 Å². The number of aliphatic hydroxyl groups is 1. The van der Waals surface area contributed by atoms with Crippen LogP contribution in [0.1, 0.15) is 115 Å². The van der Waals surface area contributed by atoms with Gasteiger partial charge in [0.1, 0.15) is 6.10 Å². The summed E-state index contributed by atoms with van der Waals surface area (Å²) in [7, 11) is 0. The number of nitrogens with zero attached hydrogens (tertiary/aromatic N) is 13. The minimum atomic E-state index is -0.532. The van der Waals surface area contributed by atoms with Gasteiger partial charge in [0, 0.05) is 66.5 Å². The second kappa shape index (κ2) is 20.3. The number of imidazole rings is 2. The Morgan fingerprint density at radius 2 is 1.29 bits per heavy atom. The van der Waals surface area contributed by atoms with Crippen molar-refractivity contribution >= 4 is 50.2 Å². The van der Waals surface area contributed by atoms with E-state index in [1.165, 1.54) is 47.2 Å². The molecule has 0 unspecified atom stereocenters. The number of halogens is 3. The van der Waals surface area contributed by atoms with Crippen molar-refractivity contribution < 1.29 is 27.7 Å². The highest BCUT2D eigenvalue weighted by Gasteiger charge is 2.30. The SMILES string of the molecule is CC(C)c1noc(C2CCC([C@H](C)O)CC2)n1.CC(C)c1noc(N2CCC([C@H](C)Oc3nn4cc(-c5ccnc(F)c5)nc4s3)CC2)n1.Fc1cc(-c2cn3nc(Cl)sc3n2)ccn1. The van der Waals surface area contributed by atoms with E-state index in [0.717, 1.165) is 69.2 Å². The maximum atomic E-state index is 13.4. The molecular weight excluding hydrogens is 900 g/mol. The number of piperidine rings is 1. The van der Waals surface area contributed by atoms with E-state index in [1.54, 1.807) is 33.6 Å². The first kappa shape index (κ1) is 46.0. The summed E-state index contributed by atoms with van der Waals surface area (Å²) in [5.41, 5.74) is 2.64. The minimum absolute atomic E-state index is 0.0238. The van der Waals surface area contributed by atoms with Crippen molar-refractivity contribution in [2.24, 2.45) is 11.8 Å². The lowest BCUT2D eigenvalue weighted by molar-refractivity contribution is 0.0934. The maximum Gasteiger partial charge on any atom is 0.324 e. The first-order valence-corrected chi connectivity index (χ1v) is 23.7. The molecule has 1 saturated heterocycles. The molecule has 1 N–H and O–H groups in total. The number of ether oxygens (including phenoxy) is 1. The third kappa shape index (κ3) is 11.3. The van der Waals surface area contributed by atoms with Gasteiger partial charge in [-0.15, -0.1) is 10.2 Å². The predicted molar refractivity (Wildman–Crippen MR) is 241 cm³/mol. The summed E-state index contributed by atoms with van der Waals surface area (Å²) >= 11 is 8.37. The van der Waals surface area contributed by atoms with Crippen LogP contribution >= 0.6 is 34.3 Å². The first-order chi connectivity index (χ1) is 31.3. The van der Waals surface area contributed by atoms with Crippen LogP contribution in [0.2, 0.25) is 4.47 Å². The van der Waals surface area contributed by atoms with E-state index in [1.807, 2.05) is 6.92 Å². The standard InChI is InChI=1S/C21H24FN7O2S.C13H22N2O2.C9H4ClFN4S/c1-12(2)18-25-19(31-27-18)28-8-5-14(6-9-28)13(3)30-21-26-29-11-16(24-20(29)32-21)15-4-7-23-17(22)10-15;1-8(2)12-14-13(17-15-12)11-6-4-10(5-7-11)9(3)16;10-8-14-15-4-6(13-9(15)16-8)5-1-2-12-7(11)3-5/h4,7,10-14H,5-6,8-9H2,1-3H3;8-11,16H,4-7H2,1-3H3;1-4H/t13-;9-,10?,11?;/m00./s1. The van der Waals surface area contributed by atoms with Crippen molar-refractivity contribution in [3.05, 3.63) is 83.0 Å². The van der Waals surface area contributed by atoms with Gasteiger partial charge in [0.25, 0.3) is 5.19 Å². The van der Waals surface area contributed by atoms with Gasteiger partial charge in [0.15, 0.2) is 11.6 Å². The summed E-state index contributed by atoms with van der Waals surface area (Å²) in [6.45, 7) is 13.9. The fraction of sp³-hybridized carbons (Fsp3) is 0.488. The number of rotatable bonds is 10. The highest BCUT2D eigenvalue weighted by molar-refractivity contribution is 7.20.